The molecule has 2 aromatic rings. The van der Waals surface area contributed by atoms with Crippen LogP contribution >= 0.6 is 28.1 Å². The van der Waals surface area contributed by atoms with Crippen molar-refractivity contribution in [2.24, 2.45) is 0 Å². The van der Waals surface area contributed by atoms with Crippen molar-refractivity contribution in [1.82, 2.24) is 15.5 Å². The molecule has 0 aromatic heterocycles. The number of amides is 2. The number of rotatable bonds is 7. The zero-order valence-corrected chi connectivity index (χ0v) is 19.5. The number of benzene rings is 2. The minimum Gasteiger partial charge on any atom is -0.490 e. The number of thiocarbonyl (C=S) groups is 1. The fraction of sp³-hybridized carbons (Fsp3) is 0.273. The van der Waals surface area contributed by atoms with Crippen molar-refractivity contribution in [1.29, 1.82) is 0 Å². The molecule has 1 unspecified atom stereocenters. The van der Waals surface area contributed by atoms with Crippen molar-refractivity contribution in [3.63, 3.8) is 0 Å². The van der Waals surface area contributed by atoms with Gasteiger partial charge in [0.1, 0.15) is 25.0 Å². The Morgan fingerprint density at radius 1 is 1.12 bits per heavy atom. The summed E-state index contributed by atoms with van der Waals surface area (Å²) in [4.78, 5) is 38.8. The molecule has 2 N–H and O–H groups in total. The molecule has 0 spiro atoms. The van der Waals surface area contributed by atoms with Crippen LogP contribution in [0.2, 0.25) is 0 Å². The topological polar surface area (TPSA) is 97.0 Å². The Bertz CT molecular complexity index is 989. The van der Waals surface area contributed by atoms with Gasteiger partial charge in [0.15, 0.2) is 5.11 Å². The molecule has 0 aliphatic carbocycles. The van der Waals surface area contributed by atoms with Crippen molar-refractivity contribution in [3.05, 3.63) is 64.6 Å². The molecule has 1 atom stereocenters. The summed E-state index contributed by atoms with van der Waals surface area (Å²) in [5.41, 5.74) is 0.408. The zero-order valence-electron chi connectivity index (χ0n) is 17.1. The van der Waals surface area contributed by atoms with Gasteiger partial charge in [0.2, 0.25) is 5.91 Å². The molecular formula is C22H22BrN3O5S. The number of hydrogen-bond acceptors (Lipinski definition) is 6. The summed E-state index contributed by atoms with van der Waals surface area (Å²) in [7, 11) is 0. The van der Waals surface area contributed by atoms with E-state index in [1.54, 1.807) is 36.4 Å². The Morgan fingerprint density at radius 2 is 1.84 bits per heavy atom. The van der Waals surface area contributed by atoms with E-state index >= 15 is 0 Å². The van der Waals surface area contributed by atoms with Crippen molar-refractivity contribution in [2.75, 3.05) is 26.3 Å². The van der Waals surface area contributed by atoms with Gasteiger partial charge in [-0.2, -0.15) is 0 Å². The van der Waals surface area contributed by atoms with E-state index in [9.17, 15) is 14.4 Å². The number of nitrogens with zero attached hydrogens (tertiary/aromatic N) is 1. The maximum absolute atomic E-state index is 12.6. The lowest BCUT2D eigenvalue weighted by Gasteiger charge is -2.36. The highest BCUT2D eigenvalue weighted by molar-refractivity contribution is 9.10. The SMILES string of the molecule is O=C(CC1C(=O)NCCN1C(=S)NC(=O)c1ccccc1Br)OCCOc1ccccc1. The first-order valence-electron chi connectivity index (χ1n) is 9.93. The second-order valence-corrected chi connectivity index (χ2v) is 8.07. The van der Waals surface area contributed by atoms with Crippen molar-refractivity contribution >= 4 is 51.0 Å². The van der Waals surface area contributed by atoms with Crippen LogP contribution in [0.4, 0.5) is 0 Å². The van der Waals surface area contributed by atoms with Gasteiger partial charge >= 0.3 is 5.97 Å². The van der Waals surface area contributed by atoms with E-state index in [1.807, 2.05) is 18.2 Å². The Morgan fingerprint density at radius 3 is 2.59 bits per heavy atom. The van der Waals surface area contributed by atoms with Gasteiger partial charge in [0.05, 0.1) is 12.0 Å². The van der Waals surface area contributed by atoms with Gasteiger partial charge in [-0.15, -0.1) is 0 Å². The van der Waals surface area contributed by atoms with Crippen LogP contribution in [0.25, 0.3) is 0 Å². The van der Waals surface area contributed by atoms with E-state index in [2.05, 4.69) is 26.6 Å². The Balaban J connectivity index is 1.53. The van der Waals surface area contributed by atoms with Gasteiger partial charge in [0.25, 0.3) is 5.91 Å². The number of para-hydroxylation sites is 1. The highest BCUT2D eigenvalue weighted by Crippen LogP contribution is 2.16. The summed E-state index contributed by atoms with van der Waals surface area (Å²) >= 11 is 8.69. The molecule has 32 heavy (non-hydrogen) atoms. The van der Waals surface area contributed by atoms with Crippen LogP contribution in [0.5, 0.6) is 5.75 Å². The zero-order chi connectivity index (χ0) is 22.9. The number of hydrogen-bond donors (Lipinski definition) is 2. The first-order chi connectivity index (χ1) is 15.5. The van der Waals surface area contributed by atoms with E-state index in [1.165, 1.54) is 4.90 Å². The molecule has 8 nitrogen and oxygen atoms in total. The van der Waals surface area contributed by atoms with E-state index in [0.29, 0.717) is 28.9 Å². The highest BCUT2D eigenvalue weighted by atomic mass is 79.9. The summed E-state index contributed by atoms with van der Waals surface area (Å²) in [5, 5.41) is 5.42. The van der Waals surface area contributed by atoms with Gasteiger partial charge in [0, 0.05) is 17.6 Å². The smallest absolute Gasteiger partial charge is 0.308 e. The summed E-state index contributed by atoms with van der Waals surface area (Å²) in [5.74, 6) is -0.653. The minimum absolute atomic E-state index is 0.0469. The van der Waals surface area contributed by atoms with Gasteiger partial charge in [-0.25, -0.2) is 0 Å². The molecule has 1 fully saturated rings. The molecule has 1 saturated heterocycles. The molecule has 0 radical (unpaired) electrons. The Hall–Kier alpha value is -2.98. The summed E-state index contributed by atoms with van der Waals surface area (Å²) in [6.07, 6.45) is -0.206. The number of carbonyl (C=O) groups excluding carboxylic acids is 3. The molecule has 168 valence electrons. The Labute approximate surface area is 199 Å². The van der Waals surface area contributed by atoms with Crippen LogP contribution in [0.3, 0.4) is 0 Å². The molecule has 0 bridgehead atoms. The number of ether oxygens (including phenoxy) is 2. The monoisotopic (exact) mass is 519 g/mol. The Kier molecular flexibility index (Phi) is 8.57. The third-order valence-corrected chi connectivity index (χ3v) is 5.68. The van der Waals surface area contributed by atoms with Crippen molar-refractivity contribution in [2.45, 2.75) is 12.5 Å². The van der Waals surface area contributed by atoms with Gasteiger partial charge in [-0.05, 0) is 52.4 Å². The van der Waals surface area contributed by atoms with Crippen LogP contribution in [-0.2, 0) is 14.3 Å². The highest BCUT2D eigenvalue weighted by Gasteiger charge is 2.34. The number of piperazine rings is 1. The lowest BCUT2D eigenvalue weighted by molar-refractivity contribution is -0.148. The normalized spacial score (nSPS) is 15.5. The van der Waals surface area contributed by atoms with E-state index in [0.717, 1.165) is 0 Å². The van der Waals surface area contributed by atoms with E-state index in [-0.39, 0.29) is 30.7 Å². The third-order valence-electron chi connectivity index (χ3n) is 4.65. The fourth-order valence-electron chi connectivity index (χ4n) is 3.09. The minimum atomic E-state index is -0.877. The number of carbonyl (C=O) groups is 3. The van der Waals surface area contributed by atoms with Crippen LogP contribution < -0.4 is 15.4 Å². The molecule has 2 amide bonds. The van der Waals surface area contributed by atoms with Gasteiger partial charge in [-0.3, -0.25) is 19.7 Å². The first kappa shape index (κ1) is 23.7. The van der Waals surface area contributed by atoms with Crippen LogP contribution in [0.1, 0.15) is 16.8 Å². The summed E-state index contributed by atoms with van der Waals surface area (Å²) < 4.78 is 11.3. The van der Waals surface area contributed by atoms with Crippen LogP contribution in [-0.4, -0.2) is 60.1 Å². The number of esters is 1. The van der Waals surface area contributed by atoms with Crippen LogP contribution in [0.15, 0.2) is 59.1 Å². The first-order valence-corrected chi connectivity index (χ1v) is 11.1. The second kappa shape index (κ2) is 11.6. The number of nitrogens with one attached hydrogen (secondary N) is 2. The second-order valence-electron chi connectivity index (χ2n) is 6.83. The molecule has 1 aliphatic heterocycles. The average molecular weight is 520 g/mol. The standard InChI is InChI=1S/C22H22BrN3O5S/c23-17-9-5-4-8-16(17)20(28)25-22(32)26-11-10-24-21(29)18(26)14-19(27)31-13-12-30-15-6-2-1-3-7-15/h1-9,18H,10-14H2,(H,24,29)(H,25,28,32). The summed E-state index contributed by atoms with van der Waals surface area (Å²) in [6, 6.07) is 15.2. The van der Waals surface area contributed by atoms with Crippen molar-refractivity contribution < 1.29 is 23.9 Å². The number of halogens is 1. The molecular weight excluding hydrogens is 498 g/mol. The predicted octanol–water partition coefficient (Wildman–Crippen LogP) is 2.28. The van der Waals surface area contributed by atoms with Crippen LogP contribution in [0, 0.1) is 0 Å². The van der Waals surface area contributed by atoms with Crippen molar-refractivity contribution in [3.8, 4) is 5.75 Å². The molecule has 0 saturated carbocycles. The molecule has 1 heterocycles. The van der Waals surface area contributed by atoms with Gasteiger partial charge < -0.3 is 19.7 Å². The molecule has 3 rings (SSSR count). The molecule has 1 aliphatic rings. The fourth-order valence-corrected chi connectivity index (χ4v) is 3.87. The lowest BCUT2D eigenvalue weighted by atomic mass is 10.1. The lowest BCUT2D eigenvalue weighted by Crippen LogP contribution is -2.60. The summed E-state index contributed by atoms with van der Waals surface area (Å²) in [6.45, 7) is 0.943. The largest absolute Gasteiger partial charge is 0.490 e. The van der Waals surface area contributed by atoms with Gasteiger partial charge in [-0.1, -0.05) is 30.3 Å². The predicted molar refractivity (Wildman–Crippen MR) is 125 cm³/mol. The maximum Gasteiger partial charge on any atom is 0.308 e. The van der Waals surface area contributed by atoms with E-state index in [4.69, 9.17) is 21.7 Å². The maximum atomic E-state index is 12.6. The molecule has 2 aromatic carbocycles. The van der Waals surface area contributed by atoms with E-state index < -0.39 is 17.9 Å². The molecule has 10 heteroatoms. The third kappa shape index (κ3) is 6.51. The quantitative estimate of drug-likeness (QED) is 0.329. The average Bonchev–Trinajstić information content (AvgIpc) is 2.79.